The van der Waals surface area contributed by atoms with Gasteiger partial charge in [-0.3, -0.25) is 0 Å². The zero-order chi connectivity index (χ0) is 8.32. The molecular weight excluding hydrogens is 132 g/mol. The van der Waals surface area contributed by atoms with E-state index in [1.165, 1.54) is 12.8 Å². The Balaban J connectivity index is 2.61. The second kappa shape index (κ2) is 3.25. The highest BCUT2D eigenvalue weighted by Crippen LogP contribution is 2.31. The molecule has 0 saturated carbocycles. The van der Waals surface area contributed by atoms with Gasteiger partial charge < -0.3 is 0 Å². The van der Waals surface area contributed by atoms with E-state index in [0.29, 0.717) is 5.41 Å². The van der Waals surface area contributed by atoms with E-state index in [2.05, 4.69) is 45.1 Å². The van der Waals surface area contributed by atoms with Crippen LogP contribution < -0.4 is 0 Å². The van der Waals surface area contributed by atoms with Crippen LogP contribution in [0.25, 0.3) is 0 Å². The Labute approximate surface area is 70.0 Å². The van der Waals surface area contributed by atoms with Crippen molar-refractivity contribution < 1.29 is 0 Å². The molecule has 11 heavy (non-hydrogen) atoms. The van der Waals surface area contributed by atoms with Crippen molar-refractivity contribution in [2.75, 3.05) is 0 Å². The van der Waals surface area contributed by atoms with Crippen LogP contribution in [0.5, 0.6) is 0 Å². The molecule has 0 amide bonds. The number of hydrogen-bond acceptors (Lipinski definition) is 0. The first-order chi connectivity index (χ1) is 5.11. The van der Waals surface area contributed by atoms with Gasteiger partial charge in [-0.15, -0.1) is 0 Å². The summed E-state index contributed by atoms with van der Waals surface area (Å²) in [6.07, 6.45) is 11.5. The molecule has 0 spiro atoms. The van der Waals surface area contributed by atoms with Crippen molar-refractivity contribution in [3.63, 3.8) is 0 Å². The maximum Gasteiger partial charge on any atom is -0.0179 e. The SMILES string of the molecule is CC(C)(C)C1C=CC=CCC1. The van der Waals surface area contributed by atoms with Crippen LogP contribution >= 0.6 is 0 Å². The van der Waals surface area contributed by atoms with Crippen LogP contribution in [0.15, 0.2) is 24.3 Å². The second-order valence-corrected chi connectivity index (χ2v) is 4.36. The lowest BCUT2D eigenvalue weighted by atomic mass is 9.78. The molecule has 0 heterocycles. The van der Waals surface area contributed by atoms with Gasteiger partial charge in [0.15, 0.2) is 0 Å². The Kier molecular flexibility index (Phi) is 2.53. The first-order valence-electron chi connectivity index (χ1n) is 4.44. The number of hydrogen-bond donors (Lipinski definition) is 0. The number of rotatable bonds is 0. The van der Waals surface area contributed by atoms with Crippen LogP contribution in [0.1, 0.15) is 33.6 Å². The molecule has 0 nitrogen and oxygen atoms in total. The number of allylic oxidation sites excluding steroid dienone is 4. The molecule has 0 heteroatoms. The highest BCUT2D eigenvalue weighted by atomic mass is 14.3. The van der Waals surface area contributed by atoms with Crippen molar-refractivity contribution in [3.05, 3.63) is 24.3 Å². The van der Waals surface area contributed by atoms with E-state index in [-0.39, 0.29) is 0 Å². The standard InChI is InChI=1S/C11H18/c1-11(2,3)10-8-6-4-5-7-9-10/h4-6,8,10H,7,9H2,1-3H3. The molecule has 1 atom stereocenters. The average Bonchev–Trinajstić information content (AvgIpc) is 2.10. The van der Waals surface area contributed by atoms with Gasteiger partial charge >= 0.3 is 0 Å². The molecule has 1 rings (SSSR count). The predicted molar refractivity (Wildman–Crippen MR) is 50.5 cm³/mol. The van der Waals surface area contributed by atoms with Gasteiger partial charge in [0, 0.05) is 0 Å². The largest absolute Gasteiger partial charge is 0.0845 e. The molecule has 0 radical (unpaired) electrons. The lowest BCUT2D eigenvalue weighted by Crippen LogP contribution is -2.17. The summed E-state index contributed by atoms with van der Waals surface area (Å²) < 4.78 is 0. The smallest absolute Gasteiger partial charge is 0.0179 e. The summed E-state index contributed by atoms with van der Waals surface area (Å²) in [5, 5.41) is 0. The Hall–Kier alpha value is -0.520. The Morgan fingerprint density at radius 2 is 1.91 bits per heavy atom. The van der Waals surface area contributed by atoms with Crippen LogP contribution in [-0.2, 0) is 0 Å². The van der Waals surface area contributed by atoms with E-state index in [9.17, 15) is 0 Å². The van der Waals surface area contributed by atoms with Crippen molar-refractivity contribution in [2.45, 2.75) is 33.6 Å². The van der Waals surface area contributed by atoms with Gasteiger partial charge in [-0.2, -0.15) is 0 Å². The van der Waals surface area contributed by atoms with Gasteiger partial charge in [0.05, 0.1) is 0 Å². The summed E-state index contributed by atoms with van der Waals surface area (Å²) >= 11 is 0. The third-order valence-electron chi connectivity index (χ3n) is 2.35. The third kappa shape index (κ3) is 2.53. The molecule has 0 aromatic heterocycles. The van der Waals surface area contributed by atoms with E-state index in [4.69, 9.17) is 0 Å². The first kappa shape index (κ1) is 8.58. The van der Waals surface area contributed by atoms with Gasteiger partial charge in [-0.05, 0) is 24.2 Å². The fraction of sp³-hybridized carbons (Fsp3) is 0.636. The van der Waals surface area contributed by atoms with E-state index in [1.807, 2.05) is 0 Å². The third-order valence-corrected chi connectivity index (χ3v) is 2.35. The predicted octanol–water partition coefficient (Wildman–Crippen LogP) is 3.55. The minimum Gasteiger partial charge on any atom is -0.0845 e. The fourth-order valence-corrected chi connectivity index (χ4v) is 1.47. The van der Waals surface area contributed by atoms with E-state index < -0.39 is 0 Å². The molecule has 1 unspecified atom stereocenters. The van der Waals surface area contributed by atoms with Crippen molar-refractivity contribution in [3.8, 4) is 0 Å². The quantitative estimate of drug-likeness (QED) is 0.495. The molecule has 62 valence electrons. The Morgan fingerprint density at radius 3 is 2.55 bits per heavy atom. The Morgan fingerprint density at radius 1 is 1.18 bits per heavy atom. The van der Waals surface area contributed by atoms with Crippen LogP contribution in [0.2, 0.25) is 0 Å². The van der Waals surface area contributed by atoms with Crippen molar-refractivity contribution >= 4 is 0 Å². The van der Waals surface area contributed by atoms with Crippen LogP contribution in [0.3, 0.4) is 0 Å². The van der Waals surface area contributed by atoms with Gasteiger partial charge in [0.1, 0.15) is 0 Å². The molecule has 0 aliphatic heterocycles. The van der Waals surface area contributed by atoms with Gasteiger partial charge in [0.25, 0.3) is 0 Å². The summed E-state index contributed by atoms with van der Waals surface area (Å²) in [7, 11) is 0. The molecule has 1 aliphatic rings. The summed E-state index contributed by atoms with van der Waals surface area (Å²) in [5.41, 5.74) is 0.433. The molecular formula is C11H18. The minimum absolute atomic E-state index is 0.433. The maximum absolute atomic E-state index is 2.34. The average molecular weight is 150 g/mol. The first-order valence-corrected chi connectivity index (χ1v) is 4.44. The monoisotopic (exact) mass is 150 g/mol. The maximum atomic E-state index is 2.34. The molecule has 0 aromatic rings. The molecule has 0 N–H and O–H groups in total. The molecule has 0 saturated heterocycles. The molecule has 0 aromatic carbocycles. The van der Waals surface area contributed by atoms with Crippen molar-refractivity contribution in [1.82, 2.24) is 0 Å². The summed E-state index contributed by atoms with van der Waals surface area (Å²) in [6, 6.07) is 0. The second-order valence-electron chi connectivity index (χ2n) is 4.36. The van der Waals surface area contributed by atoms with Crippen LogP contribution in [-0.4, -0.2) is 0 Å². The van der Waals surface area contributed by atoms with Gasteiger partial charge in [0.2, 0.25) is 0 Å². The van der Waals surface area contributed by atoms with Gasteiger partial charge in [-0.25, -0.2) is 0 Å². The van der Waals surface area contributed by atoms with Crippen LogP contribution in [0, 0.1) is 11.3 Å². The lowest BCUT2D eigenvalue weighted by Gasteiger charge is -2.27. The zero-order valence-corrected chi connectivity index (χ0v) is 7.80. The summed E-state index contributed by atoms with van der Waals surface area (Å²) in [4.78, 5) is 0. The lowest BCUT2D eigenvalue weighted by molar-refractivity contribution is 0.280. The van der Waals surface area contributed by atoms with Crippen molar-refractivity contribution in [2.24, 2.45) is 11.3 Å². The van der Waals surface area contributed by atoms with E-state index >= 15 is 0 Å². The highest BCUT2D eigenvalue weighted by molar-refractivity contribution is 5.09. The minimum atomic E-state index is 0.433. The zero-order valence-electron chi connectivity index (χ0n) is 7.80. The molecule has 0 bridgehead atoms. The summed E-state index contributed by atoms with van der Waals surface area (Å²) in [5.74, 6) is 0.748. The Bertz CT molecular complexity index is 167. The molecule has 1 aliphatic carbocycles. The molecule has 0 fully saturated rings. The normalized spacial score (nSPS) is 25.2. The van der Waals surface area contributed by atoms with Crippen molar-refractivity contribution in [1.29, 1.82) is 0 Å². The van der Waals surface area contributed by atoms with Gasteiger partial charge in [-0.1, -0.05) is 45.1 Å². The highest BCUT2D eigenvalue weighted by Gasteiger charge is 2.21. The van der Waals surface area contributed by atoms with E-state index in [1.54, 1.807) is 0 Å². The topological polar surface area (TPSA) is 0 Å². The van der Waals surface area contributed by atoms with Crippen LogP contribution in [0.4, 0.5) is 0 Å². The summed E-state index contributed by atoms with van der Waals surface area (Å²) in [6.45, 7) is 6.94. The van der Waals surface area contributed by atoms with E-state index in [0.717, 1.165) is 5.92 Å². The fourth-order valence-electron chi connectivity index (χ4n) is 1.47.